The van der Waals surface area contributed by atoms with E-state index in [0.717, 1.165) is 10.7 Å². The molecule has 7 nitrogen and oxygen atoms in total. The van der Waals surface area contributed by atoms with Gasteiger partial charge in [0.2, 0.25) is 5.91 Å². The van der Waals surface area contributed by atoms with Gasteiger partial charge in [0.15, 0.2) is 0 Å². The van der Waals surface area contributed by atoms with E-state index in [0.29, 0.717) is 15.8 Å². The highest BCUT2D eigenvalue weighted by molar-refractivity contribution is 9.10. The lowest BCUT2D eigenvalue weighted by Crippen LogP contribution is -2.43. The molecule has 1 aromatic heterocycles. The van der Waals surface area contributed by atoms with Gasteiger partial charge in [-0.3, -0.25) is 14.5 Å². The number of carbonyl (C=O) groups excluding carboxylic acids is 3. The Kier molecular flexibility index (Phi) is 5.10. The summed E-state index contributed by atoms with van der Waals surface area (Å²) in [6.45, 7) is 3.38. The molecular formula is C19H20BrN3O4. The zero-order chi connectivity index (χ0) is 19.8. The number of rotatable bonds is 5. The van der Waals surface area contributed by atoms with Crippen molar-refractivity contribution in [1.82, 2.24) is 15.1 Å². The molecule has 1 N–H and O–H groups in total. The van der Waals surface area contributed by atoms with Gasteiger partial charge in [0, 0.05) is 17.1 Å². The highest BCUT2D eigenvalue weighted by Gasteiger charge is 2.50. The maximum absolute atomic E-state index is 12.9. The van der Waals surface area contributed by atoms with Crippen LogP contribution in [0.1, 0.15) is 24.0 Å². The number of carbonyl (C=O) groups is 3. The summed E-state index contributed by atoms with van der Waals surface area (Å²) in [4.78, 5) is 40.2. The fraction of sp³-hybridized carbons (Fsp3) is 0.316. The Balaban J connectivity index is 1.73. The number of urea groups is 1. The molecular weight excluding hydrogens is 414 g/mol. The van der Waals surface area contributed by atoms with Gasteiger partial charge in [-0.2, -0.15) is 0 Å². The Hall–Kier alpha value is -2.61. The molecule has 142 valence electrons. The van der Waals surface area contributed by atoms with Crippen molar-refractivity contribution in [2.75, 3.05) is 13.6 Å². The largest absolute Gasteiger partial charge is 0.464 e. The van der Waals surface area contributed by atoms with Gasteiger partial charge in [-0.1, -0.05) is 34.1 Å². The van der Waals surface area contributed by atoms with Crippen LogP contribution in [-0.4, -0.2) is 41.2 Å². The molecule has 1 aromatic carbocycles. The van der Waals surface area contributed by atoms with Gasteiger partial charge in [-0.25, -0.2) is 4.79 Å². The first-order valence-corrected chi connectivity index (χ1v) is 9.20. The minimum Gasteiger partial charge on any atom is -0.464 e. The quantitative estimate of drug-likeness (QED) is 0.734. The molecule has 2 aromatic rings. The molecule has 4 amide bonds. The number of amides is 4. The van der Waals surface area contributed by atoms with Crippen LogP contribution in [0, 0.1) is 6.92 Å². The summed E-state index contributed by atoms with van der Waals surface area (Å²) >= 11 is 3.41. The Morgan fingerprint density at radius 1 is 1.26 bits per heavy atom. The zero-order valence-corrected chi connectivity index (χ0v) is 16.9. The van der Waals surface area contributed by atoms with Crippen LogP contribution in [0.2, 0.25) is 0 Å². The normalized spacial score (nSPS) is 19.3. The van der Waals surface area contributed by atoms with Crippen molar-refractivity contribution in [1.29, 1.82) is 0 Å². The predicted molar refractivity (Wildman–Crippen MR) is 102 cm³/mol. The minimum absolute atomic E-state index is 0.262. The highest BCUT2D eigenvalue weighted by atomic mass is 79.9. The summed E-state index contributed by atoms with van der Waals surface area (Å²) in [5.41, 5.74) is -0.591. The van der Waals surface area contributed by atoms with Crippen LogP contribution in [0.4, 0.5) is 4.79 Å². The van der Waals surface area contributed by atoms with Crippen molar-refractivity contribution in [3.8, 4) is 0 Å². The molecule has 1 atom stereocenters. The molecule has 0 radical (unpaired) electrons. The third-order valence-corrected chi connectivity index (χ3v) is 5.29. The van der Waals surface area contributed by atoms with Crippen LogP contribution in [0.5, 0.6) is 0 Å². The summed E-state index contributed by atoms with van der Waals surface area (Å²) in [5.74, 6) is 0.571. The topological polar surface area (TPSA) is 82.9 Å². The van der Waals surface area contributed by atoms with Crippen LogP contribution in [0.25, 0.3) is 0 Å². The molecule has 0 aliphatic carbocycles. The van der Waals surface area contributed by atoms with E-state index in [9.17, 15) is 14.4 Å². The number of nitrogens with zero attached hydrogens (tertiary/aromatic N) is 2. The molecule has 1 aliphatic rings. The number of furan rings is 1. The summed E-state index contributed by atoms with van der Waals surface area (Å²) in [7, 11) is 1.60. The number of halogens is 1. The Labute approximate surface area is 165 Å². The lowest BCUT2D eigenvalue weighted by molar-refractivity contribution is -0.138. The van der Waals surface area contributed by atoms with Gasteiger partial charge >= 0.3 is 6.03 Å². The minimum atomic E-state index is -1.23. The fourth-order valence-corrected chi connectivity index (χ4v) is 3.72. The van der Waals surface area contributed by atoms with Gasteiger partial charge in [0.25, 0.3) is 5.91 Å². The highest BCUT2D eigenvalue weighted by Crippen LogP contribution is 2.33. The average Bonchev–Trinajstić information content (AvgIpc) is 3.11. The van der Waals surface area contributed by atoms with Crippen LogP contribution in [0.15, 0.2) is 45.3 Å². The molecule has 1 aliphatic heterocycles. The number of likely N-dealkylation sites (N-methyl/N-ethyl adjacent to an activating group) is 1. The lowest BCUT2D eigenvalue weighted by atomic mass is 9.92. The molecule has 0 unspecified atom stereocenters. The van der Waals surface area contributed by atoms with Crippen molar-refractivity contribution in [3.63, 3.8) is 0 Å². The third-order valence-electron chi connectivity index (χ3n) is 4.60. The van der Waals surface area contributed by atoms with Crippen molar-refractivity contribution < 1.29 is 18.8 Å². The molecule has 2 heterocycles. The number of hydrogen-bond donors (Lipinski definition) is 1. The Morgan fingerprint density at radius 2 is 1.96 bits per heavy atom. The van der Waals surface area contributed by atoms with Crippen LogP contribution in [0.3, 0.4) is 0 Å². The smallest absolute Gasteiger partial charge is 0.325 e. The zero-order valence-electron chi connectivity index (χ0n) is 15.3. The monoisotopic (exact) mass is 433 g/mol. The molecule has 8 heteroatoms. The van der Waals surface area contributed by atoms with Crippen molar-refractivity contribution >= 4 is 33.8 Å². The number of nitrogens with one attached hydrogen (secondary N) is 1. The second-order valence-corrected chi connectivity index (χ2v) is 7.54. The molecule has 1 fully saturated rings. The Morgan fingerprint density at radius 3 is 2.59 bits per heavy atom. The molecule has 0 saturated carbocycles. The summed E-state index contributed by atoms with van der Waals surface area (Å²) in [6.07, 6.45) is 0. The molecule has 0 spiro atoms. The van der Waals surface area contributed by atoms with E-state index in [1.165, 1.54) is 4.90 Å². The van der Waals surface area contributed by atoms with Crippen LogP contribution < -0.4 is 5.32 Å². The second kappa shape index (κ2) is 7.19. The molecule has 0 bridgehead atoms. The first kappa shape index (κ1) is 19.2. The summed E-state index contributed by atoms with van der Waals surface area (Å²) in [5, 5.41) is 2.70. The first-order valence-electron chi connectivity index (χ1n) is 8.41. The molecule has 3 rings (SSSR count). The van der Waals surface area contributed by atoms with Crippen molar-refractivity contribution in [3.05, 3.63) is 58.0 Å². The van der Waals surface area contributed by atoms with E-state index in [4.69, 9.17) is 4.42 Å². The van der Waals surface area contributed by atoms with Gasteiger partial charge in [-0.15, -0.1) is 0 Å². The van der Waals surface area contributed by atoms with E-state index in [1.807, 2.05) is 19.1 Å². The van der Waals surface area contributed by atoms with Gasteiger partial charge in [-0.05, 0) is 32.0 Å². The van der Waals surface area contributed by atoms with Crippen molar-refractivity contribution in [2.24, 2.45) is 0 Å². The van der Waals surface area contributed by atoms with Gasteiger partial charge in [0.1, 0.15) is 23.6 Å². The van der Waals surface area contributed by atoms with Crippen LogP contribution in [-0.2, 0) is 21.7 Å². The summed E-state index contributed by atoms with van der Waals surface area (Å²) < 4.78 is 6.17. The molecule has 27 heavy (non-hydrogen) atoms. The lowest BCUT2D eigenvalue weighted by Gasteiger charge is -2.24. The number of benzene rings is 1. The average molecular weight is 434 g/mol. The summed E-state index contributed by atoms with van der Waals surface area (Å²) in [6, 6.07) is 10.2. The standard InChI is InChI=1S/C19H20BrN3O4/c1-12-8-9-13(27-12)10-22(3)16(24)11-23-17(25)19(2,21-18(23)26)14-6-4-5-7-15(14)20/h4-9H,10-11H2,1-3H3,(H,21,26)/t19-/m1/s1. The molecule has 1 saturated heterocycles. The van der Waals surface area contributed by atoms with Crippen molar-refractivity contribution in [2.45, 2.75) is 25.9 Å². The maximum Gasteiger partial charge on any atom is 0.325 e. The van der Waals surface area contributed by atoms with E-state index >= 15 is 0 Å². The number of aryl methyl sites for hydroxylation is 1. The van der Waals surface area contributed by atoms with E-state index in [1.54, 1.807) is 38.2 Å². The first-order chi connectivity index (χ1) is 12.7. The second-order valence-electron chi connectivity index (χ2n) is 6.69. The Bertz CT molecular complexity index is 910. The SMILES string of the molecule is Cc1ccc(CN(C)C(=O)CN2C(=O)N[C@](C)(c3ccccc3Br)C2=O)o1. The predicted octanol–water partition coefficient (Wildman–Crippen LogP) is 2.78. The van der Waals surface area contributed by atoms with E-state index < -0.39 is 17.5 Å². The number of hydrogen-bond acceptors (Lipinski definition) is 4. The maximum atomic E-state index is 12.9. The van der Waals surface area contributed by atoms with Gasteiger partial charge < -0.3 is 14.6 Å². The fourth-order valence-electron chi connectivity index (χ4n) is 3.04. The van der Waals surface area contributed by atoms with Crippen LogP contribution >= 0.6 is 15.9 Å². The third kappa shape index (κ3) is 3.62. The number of imide groups is 1. The van der Waals surface area contributed by atoms with E-state index in [-0.39, 0.29) is 19.0 Å². The van der Waals surface area contributed by atoms with E-state index in [2.05, 4.69) is 21.2 Å². The van der Waals surface area contributed by atoms with Gasteiger partial charge in [0.05, 0.1) is 6.54 Å².